The molecule has 1 aromatic carbocycles. The third-order valence-corrected chi connectivity index (χ3v) is 2.06. The molecule has 0 saturated carbocycles. The van der Waals surface area contributed by atoms with E-state index in [0.29, 0.717) is 0 Å². The molecule has 0 amide bonds. The predicted molar refractivity (Wildman–Crippen MR) is 51.7 cm³/mol. The summed E-state index contributed by atoms with van der Waals surface area (Å²) in [5, 5.41) is 8.86. The average Bonchev–Trinajstić information content (AvgIpc) is 2.17. The lowest BCUT2D eigenvalue weighted by atomic mass is 10.1. The van der Waals surface area contributed by atoms with E-state index in [-0.39, 0.29) is 12.6 Å². The van der Waals surface area contributed by atoms with Gasteiger partial charge in [0.15, 0.2) is 0 Å². The predicted octanol–water partition coefficient (Wildman–Crippen LogP) is 0.996. The SMILES string of the molecule is COc1cc(C(N)CO)ccc1C. The second-order valence-electron chi connectivity index (χ2n) is 3.02. The minimum atomic E-state index is -0.325. The molecular weight excluding hydrogens is 166 g/mol. The van der Waals surface area contributed by atoms with Gasteiger partial charge in [-0.05, 0) is 24.1 Å². The Balaban J connectivity index is 2.99. The Bertz CT molecular complexity index is 286. The molecule has 3 nitrogen and oxygen atoms in total. The van der Waals surface area contributed by atoms with Crippen LogP contribution in [0.4, 0.5) is 0 Å². The standard InChI is InChI=1S/C10H15NO2/c1-7-3-4-8(9(11)6-12)5-10(7)13-2/h3-5,9,12H,6,11H2,1-2H3. The van der Waals surface area contributed by atoms with Crippen molar-refractivity contribution in [3.8, 4) is 5.75 Å². The molecule has 3 N–H and O–H groups in total. The molecule has 0 aliphatic heterocycles. The van der Waals surface area contributed by atoms with Gasteiger partial charge >= 0.3 is 0 Å². The third kappa shape index (κ3) is 2.20. The second kappa shape index (κ2) is 4.25. The van der Waals surface area contributed by atoms with E-state index in [0.717, 1.165) is 16.9 Å². The van der Waals surface area contributed by atoms with Crippen LogP contribution in [0.5, 0.6) is 5.75 Å². The first-order valence-corrected chi connectivity index (χ1v) is 4.20. The highest BCUT2D eigenvalue weighted by atomic mass is 16.5. The van der Waals surface area contributed by atoms with Gasteiger partial charge in [0.05, 0.1) is 19.8 Å². The largest absolute Gasteiger partial charge is 0.496 e. The molecule has 0 fully saturated rings. The number of hydrogen-bond acceptors (Lipinski definition) is 3. The van der Waals surface area contributed by atoms with E-state index >= 15 is 0 Å². The van der Waals surface area contributed by atoms with Gasteiger partial charge in [-0.3, -0.25) is 0 Å². The third-order valence-electron chi connectivity index (χ3n) is 2.06. The molecule has 1 aromatic rings. The van der Waals surface area contributed by atoms with Crippen molar-refractivity contribution in [3.05, 3.63) is 29.3 Å². The number of rotatable bonds is 3. The highest BCUT2D eigenvalue weighted by Gasteiger charge is 2.06. The summed E-state index contributed by atoms with van der Waals surface area (Å²) in [6.07, 6.45) is 0. The van der Waals surface area contributed by atoms with Gasteiger partial charge < -0.3 is 15.6 Å². The van der Waals surface area contributed by atoms with E-state index in [2.05, 4.69) is 0 Å². The number of nitrogens with two attached hydrogens (primary N) is 1. The molecule has 0 aliphatic carbocycles. The molecule has 1 atom stereocenters. The van der Waals surface area contributed by atoms with Gasteiger partial charge in [-0.25, -0.2) is 0 Å². The summed E-state index contributed by atoms with van der Waals surface area (Å²) in [5.74, 6) is 0.807. The van der Waals surface area contributed by atoms with Crippen molar-refractivity contribution < 1.29 is 9.84 Å². The lowest BCUT2D eigenvalue weighted by Crippen LogP contribution is -2.14. The number of aliphatic hydroxyl groups excluding tert-OH is 1. The molecule has 1 rings (SSSR count). The summed E-state index contributed by atoms with van der Waals surface area (Å²) >= 11 is 0. The maximum absolute atomic E-state index is 8.86. The molecule has 0 heterocycles. The molecule has 0 aromatic heterocycles. The number of benzene rings is 1. The Morgan fingerprint density at radius 3 is 2.77 bits per heavy atom. The maximum atomic E-state index is 8.86. The molecule has 0 saturated heterocycles. The molecule has 0 aliphatic rings. The number of aryl methyl sites for hydroxylation is 1. The van der Waals surface area contributed by atoms with Crippen LogP contribution in [0.2, 0.25) is 0 Å². The lowest BCUT2D eigenvalue weighted by molar-refractivity contribution is 0.267. The number of methoxy groups -OCH3 is 1. The zero-order valence-corrected chi connectivity index (χ0v) is 7.95. The van der Waals surface area contributed by atoms with E-state index < -0.39 is 0 Å². The summed E-state index contributed by atoms with van der Waals surface area (Å²) in [6, 6.07) is 5.37. The van der Waals surface area contributed by atoms with Gasteiger partial charge in [0, 0.05) is 0 Å². The highest BCUT2D eigenvalue weighted by Crippen LogP contribution is 2.21. The zero-order chi connectivity index (χ0) is 9.84. The van der Waals surface area contributed by atoms with E-state index in [9.17, 15) is 0 Å². The molecule has 13 heavy (non-hydrogen) atoms. The Morgan fingerprint density at radius 2 is 2.23 bits per heavy atom. The molecule has 1 unspecified atom stereocenters. The fourth-order valence-corrected chi connectivity index (χ4v) is 1.17. The zero-order valence-electron chi connectivity index (χ0n) is 7.95. The first-order chi connectivity index (χ1) is 6.19. The van der Waals surface area contributed by atoms with Crippen LogP contribution in [-0.4, -0.2) is 18.8 Å². The van der Waals surface area contributed by atoms with Crippen LogP contribution in [0.15, 0.2) is 18.2 Å². The van der Waals surface area contributed by atoms with Gasteiger partial charge in [0.1, 0.15) is 5.75 Å². The van der Waals surface area contributed by atoms with Crippen molar-refractivity contribution in [3.63, 3.8) is 0 Å². The summed E-state index contributed by atoms with van der Waals surface area (Å²) in [6.45, 7) is 1.92. The van der Waals surface area contributed by atoms with Crippen molar-refractivity contribution >= 4 is 0 Å². The normalized spacial score (nSPS) is 12.6. The van der Waals surface area contributed by atoms with Gasteiger partial charge in [0.25, 0.3) is 0 Å². The fourth-order valence-electron chi connectivity index (χ4n) is 1.17. The molecular formula is C10H15NO2. The molecule has 0 bridgehead atoms. The summed E-state index contributed by atoms with van der Waals surface area (Å²) in [7, 11) is 1.62. The van der Waals surface area contributed by atoms with Crippen molar-refractivity contribution in [2.75, 3.05) is 13.7 Å². The van der Waals surface area contributed by atoms with Gasteiger partial charge in [-0.2, -0.15) is 0 Å². The van der Waals surface area contributed by atoms with Crippen LogP contribution in [0.25, 0.3) is 0 Å². The van der Waals surface area contributed by atoms with Crippen molar-refractivity contribution in [2.24, 2.45) is 5.73 Å². The van der Waals surface area contributed by atoms with Gasteiger partial charge in [-0.1, -0.05) is 12.1 Å². The topological polar surface area (TPSA) is 55.5 Å². The summed E-state index contributed by atoms with van der Waals surface area (Å²) in [4.78, 5) is 0. The quantitative estimate of drug-likeness (QED) is 0.731. The lowest BCUT2D eigenvalue weighted by Gasteiger charge is -2.11. The molecule has 0 radical (unpaired) electrons. The van der Waals surface area contributed by atoms with Crippen LogP contribution in [0.3, 0.4) is 0 Å². The minimum Gasteiger partial charge on any atom is -0.496 e. The molecule has 0 spiro atoms. The van der Waals surface area contributed by atoms with Crippen LogP contribution in [0.1, 0.15) is 17.2 Å². The average molecular weight is 181 g/mol. The first-order valence-electron chi connectivity index (χ1n) is 4.20. The summed E-state index contributed by atoms with van der Waals surface area (Å²) in [5.41, 5.74) is 7.62. The van der Waals surface area contributed by atoms with Crippen LogP contribution in [-0.2, 0) is 0 Å². The van der Waals surface area contributed by atoms with E-state index in [1.165, 1.54) is 0 Å². The Kier molecular flexibility index (Phi) is 3.28. The number of hydrogen-bond donors (Lipinski definition) is 2. The first kappa shape index (κ1) is 10.0. The van der Waals surface area contributed by atoms with E-state index in [1.54, 1.807) is 7.11 Å². The minimum absolute atomic E-state index is 0.0494. The van der Waals surface area contributed by atoms with Gasteiger partial charge in [0.2, 0.25) is 0 Å². The fraction of sp³-hybridized carbons (Fsp3) is 0.400. The van der Waals surface area contributed by atoms with Crippen molar-refractivity contribution in [2.45, 2.75) is 13.0 Å². The van der Waals surface area contributed by atoms with Crippen molar-refractivity contribution in [1.82, 2.24) is 0 Å². The summed E-state index contributed by atoms with van der Waals surface area (Å²) < 4.78 is 5.14. The smallest absolute Gasteiger partial charge is 0.122 e. The van der Waals surface area contributed by atoms with Crippen LogP contribution in [0, 0.1) is 6.92 Å². The Labute approximate surface area is 78.1 Å². The van der Waals surface area contributed by atoms with E-state index in [4.69, 9.17) is 15.6 Å². The molecule has 72 valence electrons. The monoisotopic (exact) mass is 181 g/mol. The Morgan fingerprint density at radius 1 is 1.54 bits per heavy atom. The molecule has 3 heteroatoms. The second-order valence-corrected chi connectivity index (χ2v) is 3.02. The highest BCUT2D eigenvalue weighted by molar-refractivity contribution is 5.37. The maximum Gasteiger partial charge on any atom is 0.122 e. The number of ether oxygens (including phenoxy) is 1. The van der Waals surface area contributed by atoms with E-state index in [1.807, 2.05) is 25.1 Å². The van der Waals surface area contributed by atoms with Crippen molar-refractivity contribution in [1.29, 1.82) is 0 Å². The van der Waals surface area contributed by atoms with Crippen LogP contribution >= 0.6 is 0 Å². The number of aliphatic hydroxyl groups is 1. The van der Waals surface area contributed by atoms with Crippen LogP contribution < -0.4 is 10.5 Å². The Hall–Kier alpha value is -1.06. The van der Waals surface area contributed by atoms with Gasteiger partial charge in [-0.15, -0.1) is 0 Å².